The van der Waals surface area contributed by atoms with Crippen LogP contribution in [0, 0.1) is 0 Å². The van der Waals surface area contributed by atoms with Gasteiger partial charge in [-0.05, 0) is 12.0 Å². The minimum Gasteiger partial charge on any atom is -0.384 e. The van der Waals surface area contributed by atoms with Gasteiger partial charge in [0.1, 0.15) is 0 Å². The summed E-state index contributed by atoms with van der Waals surface area (Å²) in [5, 5.41) is 12.0. The van der Waals surface area contributed by atoms with Gasteiger partial charge >= 0.3 is 6.18 Å². The highest BCUT2D eigenvalue weighted by molar-refractivity contribution is 5.62. The standard InChI is InChI=1S/C10H10F3NO/c11-10(12,13)9(15)7-3-1-2-6-4-5-14-8(6)7/h1-3,9,14-15H,4-5H2. The fraction of sp³-hybridized carbons (Fsp3) is 0.400. The Labute approximate surface area is 84.7 Å². The molecule has 0 fully saturated rings. The molecule has 0 bridgehead atoms. The van der Waals surface area contributed by atoms with Crippen LogP contribution in [-0.4, -0.2) is 17.8 Å². The molecule has 82 valence electrons. The number of hydrogen-bond donors (Lipinski definition) is 2. The zero-order valence-corrected chi connectivity index (χ0v) is 7.80. The van der Waals surface area contributed by atoms with E-state index in [1.807, 2.05) is 0 Å². The molecule has 1 atom stereocenters. The first-order chi connectivity index (χ1) is 7.00. The molecule has 0 aromatic heterocycles. The van der Waals surface area contributed by atoms with E-state index in [2.05, 4.69) is 5.32 Å². The van der Waals surface area contributed by atoms with Crippen LogP contribution in [-0.2, 0) is 6.42 Å². The number of fused-ring (bicyclic) bond motifs is 1. The van der Waals surface area contributed by atoms with Gasteiger partial charge in [-0.25, -0.2) is 0 Å². The van der Waals surface area contributed by atoms with E-state index in [0.717, 1.165) is 5.56 Å². The van der Waals surface area contributed by atoms with Crippen LogP contribution in [0.4, 0.5) is 18.9 Å². The Morgan fingerprint density at radius 3 is 2.73 bits per heavy atom. The topological polar surface area (TPSA) is 32.3 Å². The van der Waals surface area contributed by atoms with Gasteiger partial charge in [0.2, 0.25) is 0 Å². The summed E-state index contributed by atoms with van der Waals surface area (Å²) < 4.78 is 37.0. The summed E-state index contributed by atoms with van der Waals surface area (Å²) in [5.41, 5.74) is 1.18. The summed E-state index contributed by atoms with van der Waals surface area (Å²) in [7, 11) is 0. The molecule has 1 unspecified atom stereocenters. The molecule has 1 heterocycles. The molecule has 0 saturated carbocycles. The van der Waals surface area contributed by atoms with E-state index < -0.39 is 12.3 Å². The summed E-state index contributed by atoms with van der Waals surface area (Å²) in [6.45, 7) is 0.622. The number of aliphatic hydroxyl groups is 1. The van der Waals surface area contributed by atoms with Crippen molar-refractivity contribution in [2.24, 2.45) is 0 Å². The lowest BCUT2D eigenvalue weighted by atomic mass is 10.0. The smallest absolute Gasteiger partial charge is 0.384 e. The number of hydrogen-bond acceptors (Lipinski definition) is 2. The third-order valence-electron chi connectivity index (χ3n) is 2.48. The molecule has 2 nitrogen and oxygen atoms in total. The molecule has 0 amide bonds. The van der Waals surface area contributed by atoms with Gasteiger partial charge in [-0.3, -0.25) is 0 Å². The second-order valence-corrected chi connectivity index (χ2v) is 3.50. The zero-order valence-electron chi connectivity index (χ0n) is 7.80. The Bertz CT molecular complexity index is 375. The number of halogens is 3. The van der Waals surface area contributed by atoms with Gasteiger partial charge in [-0.15, -0.1) is 0 Å². The lowest BCUT2D eigenvalue weighted by Crippen LogP contribution is -2.21. The van der Waals surface area contributed by atoms with Crippen LogP contribution in [0.25, 0.3) is 0 Å². The SMILES string of the molecule is OC(c1cccc2c1NCC2)C(F)(F)F. The van der Waals surface area contributed by atoms with Crippen molar-refractivity contribution in [1.82, 2.24) is 0 Å². The first-order valence-electron chi connectivity index (χ1n) is 4.60. The summed E-state index contributed by atoms with van der Waals surface area (Å²) in [4.78, 5) is 0. The minimum atomic E-state index is -4.61. The van der Waals surface area contributed by atoms with E-state index in [1.165, 1.54) is 12.1 Å². The van der Waals surface area contributed by atoms with Gasteiger partial charge in [0.15, 0.2) is 6.10 Å². The molecule has 0 radical (unpaired) electrons. The van der Waals surface area contributed by atoms with Crippen LogP contribution in [0.5, 0.6) is 0 Å². The molecule has 2 N–H and O–H groups in total. The Balaban J connectivity index is 2.41. The lowest BCUT2D eigenvalue weighted by molar-refractivity contribution is -0.206. The molecule has 0 aliphatic carbocycles. The fourth-order valence-corrected chi connectivity index (χ4v) is 1.77. The van der Waals surface area contributed by atoms with Crippen molar-refractivity contribution >= 4 is 5.69 Å². The molecule has 15 heavy (non-hydrogen) atoms. The second kappa shape index (κ2) is 3.41. The van der Waals surface area contributed by atoms with E-state index in [9.17, 15) is 13.2 Å². The zero-order chi connectivity index (χ0) is 11.1. The maximum atomic E-state index is 12.3. The van der Waals surface area contributed by atoms with Crippen LogP contribution in [0.1, 0.15) is 17.2 Å². The Kier molecular flexibility index (Phi) is 2.34. The Morgan fingerprint density at radius 1 is 1.33 bits per heavy atom. The lowest BCUT2D eigenvalue weighted by Gasteiger charge is -2.17. The van der Waals surface area contributed by atoms with Crippen LogP contribution in [0.2, 0.25) is 0 Å². The van der Waals surface area contributed by atoms with Crippen LogP contribution < -0.4 is 5.32 Å². The molecule has 0 spiro atoms. The molecule has 1 aliphatic heterocycles. The van der Waals surface area contributed by atoms with Gasteiger partial charge in [-0.2, -0.15) is 13.2 Å². The maximum absolute atomic E-state index is 12.3. The molecular weight excluding hydrogens is 207 g/mol. The van der Waals surface area contributed by atoms with Gasteiger partial charge < -0.3 is 10.4 Å². The van der Waals surface area contributed by atoms with Crippen molar-refractivity contribution in [1.29, 1.82) is 0 Å². The predicted octanol–water partition coefficient (Wildman–Crippen LogP) is 2.25. The third kappa shape index (κ3) is 1.79. The van der Waals surface area contributed by atoms with Crippen molar-refractivity contribution in [3.63, 3.8) is 0 Å². The van der Waals surface area contributed by atoms with Gasteiger partial charge in [0.25, 0.3) is 0 Å². The van der Waals surface area contributed by atoms with E-state index >= 15 is 0 Å². The molecule has 5 heteroatoms. The highest BCUT2D eigenvalue weighted by Crippen LogP contribution is 2.38. The van der Waals surface area contributed by atoms with E-state index in [1.54, 1.807) is 6.07 Å². The van der Waals surface area contributed by atoms with E-state index in [4.69, 9.17) is 5.11 Å². The van der Waals surface area contributed by atoms with Crippen LogP contribution in [0.3, 0.4) is 0 Å². The average molecular weight is 217 g/mol. The van der Waals surface area contributed by atoms with Crippen LogP contribution in [0.15, 0.2) is 18.2 Å². The summed E-state index contributed by atoms with van der Waals surface area (Å²) >= 11 is 0. The maximum Gasteiger partial charge on any atom is 0.418 e. The normalized spacial score (nSPS) is 17.1. The number of rotatable bonds is 1. The molecule has 1 aromatic rings. The van der Waals surface area contributed by atoms with Crippen molar-refractivity contribution in [3.05, 3.63) is 29.3 Å². The van der Waals surface area contributed by atoms with Crippen LogP contribution >= 0.6 is 0 Å². The van der Waals surface area contributed by atoms with Gasteiger partial charge in [0.05, 0.1) is 0 Å². The first-order valence-corrected chi connectivity index (χ1v) is 4.60. The third-order valence-corrected chi connectivity index (χ3v) is 2.48. The van der Waals surface area contributed by atoms with Crippen molar-refractivity contribution in [2.75, 3.05) is 11.9 Å². The number of anilines is 1. The average Bonchev–Trinajstić information content (AvgIpc) is 2.62. The summed E-state index contributed by atoms with van der Waals surface area (Å²) in [6.07, 6.45) is -6.31. The number of alkyl halides is 3. The Hall–Kier alpha value is -1.23. The molecule has 1 aromatic carbocycles. The molecule has 2 rings (SSSR count). The van der Waals surface area contributed by atoms with E-state index in [-0.39, 0.29) is 5.56 Å². The summed E-state index contributed by atoms with van der Waals surface area (Å²) in [6, 6.07) is 4.60. The largest absolute Gasteiger partial charge is 0.418 e. The second-order valence-electron chi connectivity index (χ2n) is 3.50. The van der Waals surface area contributed by atoms with Crippen molar-refractivity contribution in [3.8, 4) is 0 Å². The Morgan fingerprint density at radius 2 is 2.07 bits per heavy atom. The van der Waals surface area contributed by atoms with Gasteiger partial charge in [-0.1, -0.05) is 18.2 Å². The fourth-order valence-electron chi connectivity index (χ4n) is 1.77. The summed E-state index contributed by atoms with van der Waals surface area (Å²) in [5.74, 6) is 0. The highest BCUT2D eigenvalue weighted by atomic mass is 19.4. The highest BCUT2D eigenvalue weighted by Gasteiger charge is 2.41. The monoisotopic (exact) mass is 217 g/mol. The number of aliphatic hydroxyl groups excluding tert-OH is 1. The predicted molar refractivity (Wildman–Crippen MR) is 49.7 cm³/mol. The van der Waals surface area contributed by atoms with Crippen molar-refractivity contribution in [2.45, 2.75) is 18.7 Å². The number of para-hydroxylation sites is 1. The minimum absolute atomic E-state index is 0.0856. The number of nitrogens with one attached hydrogen (secondary N) is 1. The quantitative estimate of drug-likeness (QED) is 0.756. The van der Waals surface area contributed by atoms with Crippen molar-refractivity contribution < 1.29 is 18.3 Å². The van der Waals surface area contributed by atoms with Gasteiger partial charge in [0, 0.05) is 17.8 Å². The number of benzene rings is 1. The molecule has 0 saturated heterocycles. The van der Waals surface area contributed by atoms with E-state index in [0.29, 0.717) is 18.7 Å². The molecule has 1 aliphatic rings. The molecular formula is C10H10F3NO. The first kappa shape index (κ1) is 10.3.